The summed E-state index contributed by atoms with van der Waals surface area (Å²) in [7, 11) is 1.62. The summed E-state index contributed by atoms with van der Waals surface area (Å²) in [4.78, 5) is 29.7. The van der Waals surface area contributed by atoms with E-state index in [1.54, 1.807) is 13.1 Å². The third kappa shape index (κ3) is 4.21. The van der Waals surface area contributed by atoms with Gasteiger partial charge in [0.1, 0.15) is 0 Å². The van der Waals surface area contributed by atoms with Gasteiger partial charge in [0.05, 0.1) is 12.1 Å². The molecule has 3 amide bonds. The van der Waals surface area contributed by atoms with Crippen LogP contribution in [0.2, 0.25) is 0 Å². The molecule has 174 valence electrons. The Morgan fingerprint density at radius 1 is 1.12 bits per heavy atom. The number of nitrogens with zero attached hydrogens (tertiary/aromatic N) is 2. The maximum Gasteiger partial charge on any atom is 0.325 e. The van der Waals surface area contributed by atoms with Crippen LogP contribution in [0.15, 0.2) is 48.5 Å². The summed E-state index contributed by atoms with van der Waals surface area (Å²) < 4.78 is 5.65. The van der Waals surface area contributed by atoms with E-state index in [0.717, 1.165) is 37.2 Å². The van der Waals surface area contributed by atoms with E-state index in [4.69, 9.17) is 4.74 Å². The largest absolute Gasteiger partial charge is 0.381 e. The molecule has 0 unspecified atom stereocenters. The predicted octanol–water partition coefficient (Wildman–Crippen LogP) is 2.23. The number of nitrogens with one attached hydrogen (secondary N) is 3. The number of hydrogen-bond donors (Lipinski definition) is 3. The van der Waals surface area contributed by atoms with Crippen LogP contribution < -0.4 is 21.1 Å². The van der Waals surface area contributed by atoms with E-state index in [9.17, 15) is 9.59 Å². The fourth-order valence-corrected chi connectivity index (χ4v) is 5.18. The van der Waals surface area contributed by atoms with Crippen molar-refractivity contribution >= 4 is 17.6 Å². The summed E-state index contributed by atoms with van der Waals surface area (Å²) in [6.45, 7) is 4.24. The minimum absolute atomic E-state index is 0.0131. The van der Waals surface area contributed by atoms with Crippen LogP contribution in [0.25, 0.3) is 0 Å². The molecule has 3 aliphatic heterocycles. The molecular weight excluding hydrogens is 418 g/mol. The first-order valence-electron chi connectivity index (χ1n) is 11.6. The van der Waals surface area contributed by atoms with Gasteiger partial charge in [-0.2, -0.15) is 0 Å². The number of amides is 3. The molecular formula is C25H31N5O3. The molecule has 0 atom stereocenters. The van der Waals surface area contributed by atoms with Gasteiger partial charge in [0.15, 0.2) is 0 Å². The van der Waals surface area contributed by atoms with E-state index in [2.05, 4.69) is 40.4 Å². The van der Waals surface area contributed by atoms with Crippen molar-refractivity contribution in [2.24, 2.45) is 0 Å². The molecule has 0 aromatic heterocycles. The highest BCUT2D eigenvalue weighted by atomic mass is 16.5. The molecule has 3 saturated heterocycles. The van der Waals surface area contributed by atoms with Gasteiger partial charge in [0, 0.05) is 57.1 Å². The number of hydrogen-bond acceptors (Lipinski definition) is 5. The average Bonchev–Trinajstić information content (AvgIpc) is 3.48. The first kappa shape index (κ1) is 21.9. The van der Waals surface area contributed by atoms with Crippen LogP contribution in [-0.4, -0.2) is 62.3 Å². The molecule has 3 fully saturated rings. The lowest BCUT2D eigenvalue weighted by atomic mass is 9.88. The summed E-state index contributed by atoms with van der Waals surface area (Å²) in [5.74, 6) is 0.319. The zero-order chi connectivity index (χ0) is 22.8. The zero-order valence-electron chi connectivity index (χ0n) is 19.0. The van der Waals surface area contributed by atoms with Gasteiger partial charge in [0.2, 0.25) is 0 Å². The van der Waals surface area contributed by atoms with E-state index in [1.165, 1.54) is 5.56 Å². The van der Waals surface area contributed by atoms with Crippen LogP contribution in [-0.2, 0) is 11.3 Å². The molecule has 0 radical (unpaired) electrons. The standard InChI is InChI=1S/C25H31N5O3/c1-26-23(31)20-4-2-3-18(13-20)16-30-24(32)29(17-25(30)9-11-33-12-10-25)22-7-5-19(6-8-22)21-14-27-28-15-21/h2-8,13,21,27-28H,9-12,14-17H2,1H3,(H,26,31). The molecule has 8 heteroatoms. The van der Waals surface area contributed by atoms with Gasteiger partial charge in [0.25, 0.3) is 5.91 Å². The van der Waals surface area contributed by atoms with Crippen LogP contribution in [0.4, 0.5) is 10.5 Å². The SMILES string of the molecule is CNC(=O)c1cccc(CN2C(=O)N(c3ccc(C4CNNC4)cc3)CC23CCOCC3)c1. The Bertz CT molecular complexity index is 1010. The molecule has 5 rings (SSSR count). The van der Waals surface area contributed by atoms with Crippen molar-refractivity contribution in [2.75, 3.05) is 44.8 Å². The second kappa shape index (κ2) is 9.13. The Hall–Kier alpha value is -2.94. The Labute approximate surface area is 194 Å². The quantitative estimate of drug-likeness (QED) is 0.652. The van der Waals surface area contributed by atoms with Crippen molar-refractivity contribution in [3.63, 3.8) is 0 Å². The summed E-state index contributed by atoms with van der Waals surface area (Å²) >= 11 is 0. The van der Waals surface area contributed by atoms with Crippen molar-refractivity contribution in [3.05, 3.63) is 65.2 Å². The highest BCUT2D eigenvalue weighted by molar-refractivity contribution is 5.96. The van der Waals surface area contributed by atoms with Gasteiger partial charge in [-0.25, -0.2) is 4.79 Å². The number of hydrazine groups is 1. The van der Waals surface area contributed by atoms with Crippen LogP contribution in [0, 0.1) is 0 Å². The van der Waals surface area contributed by atoms with Crippen LogP contribution >= 0.6 is 0 Å². The molecule has 0 saturated carbocycles. The average molecular weight is 450 g/mol. The van der Waals surface area contributed by atoms with Crippen LogP contribution in [0.5, 0.6) is 0 Å². The Morgan fingerprint density at radius 3 is 2.55 bits per heavy atom. The molecule has 1 spiro atoms. The number of rotatable bonds is 5. The number of carbonyl (C=O) groups excluding carboxylic acids is 2. The fraction of sp³-hybridized carbons (Fsp3) is 0.440. The minimum atomic E-state index is -0.268. The number of benzene rings is 2. The lowest BCUT2D eigenvalue weighted by molar-refractivity contribution is 0.00611. The van der Waals surface area contributed by atoms with Gasteiger partial charge in [-0.15, -0.1) is 0 Å². The lowest BCUT2D eigenvalue weighted by Gasteiger charge is -2.40. The van der Waals surface area contributed by atoms with Gasteiger partial charge in [-0.05, 0) is 48.2 Å². The van der Waals surface area contributed by atoms with Crippen molar-refractivity contribution in [2.45, 2.75) is 30.8 Å². The van der Waals surface area contributed by atoms with Gasteiger partial charge < -0.3 is 15.0 Å². The first-order chi connectivity index (χ1) is 16.1. The number of carbonyl (C=O) groups is 2. The van der Waals surface area contributed by atoms with Crippen molar-refractivity contribution < 1.29 is 14.3 Å². The van der Waals surface area contributed by atoms with E-state index in [1.807, 2.05) is 28.0 Å². The maximum atomic E-state index is 13.7. The molecule has 3 heterocycles. The highest BCUT2D eigenvalue weighted by Crippen LogP contribution is 2.39. The van der Waals surface area contributed by atoms with Gasteiger partial charge in [-0.1, -0.05) is 24.3 Å². The Kier molecular flexibility index (Phi) is 6.05. The topological polar surface area (TPSA) is 85.9 Å². The molecule has 0 aliphatic carbocycles. The summed E-state index contributed by atoms with van der Waals surface area (Å²) in [5, 5.41) is 2.67. The van der Waals surface area contributed by atoms with E-state index >= 15 is 0 Å². The van der Waals surface area contributed by atoms with Crippen molar-refractivity contribution in [1.82, 2.24) is 21.1 Å². The maximum absolute atomic E-state index is 13.7. The van der Waals surface area contributed by atoms with E-state index < -0.39 is 0 Å². The Morgan fingerprint density at radius 2 is 1.85 bits per heavy atom. The van der Waals surface area contributed by atoms with Gasteiger partial charge >= 0.3 is 6.03 Å². The van der Waals surface area contributed by atoms with Crippen molar-refractivity contribution in [1.29, 1.82) is 0 Å². The molecule has 33 heavy (non-hydrogen) atoms. The molecule has 8 nitrogen and oxygen atoms in total. The minimum Gasteiger partial charge on any atom is -0.381 e. The zero-order valence-corrected chi connectivity index (χ0v) is 19.0. The van der Waals surface area contributed by atoms with Crippen LogP contribution in [0.3, 0.4) is 0 Å². The van der Waals surface area contributed by atoms with Gasteiger partial charge in [-0.3, -0.25) is 20.5 Å². The smallest absolute Gasteiger partial charge is 0.325 e. The van der Waals surface area contributed by atoms with Crippen molar-refractivity contribution in [3.8, 4) is 0 Å². The fourth-order valence-electron chi connectivity index (χ4n) is 5.18. The normalized spacial score (nSPS) is 20.6. The van der Waals surface area contributed by atoms with Crippen LogP contribution in [0.1, 0.15) is 40.2 Å². The number of urea groups is 1. The Balaban J connectivity index is 1.41. The summed E-state index contributed by atoms with van der Waals surface area (Å²) in [6.07, 6.45) is 1.61. The molecule has 2 aromatic carbocycles. The molecule has 2 aromatic rings. The predicted molar refractivity (Wildman–Crippen MR) is 126 cm³/mol. The van der Waals surface area contributed by atoms with E-state index in [-0.39, 0.29) is 17.5 Å². The molecule has 0 bridgehead atoms. The molecule has 3 N–H and O–H groups in total. The number of anilines is 1. The number of ether oxygens (including phenoxy) is 1. The second-order valence-electron chi connectivity index (χ2n) is 9.12. The third-order valence-electron chi connectivity index (χ3n) is 7.17. The highest BCUT2D eigenvalue weighted by Gasteiger charge is 2.50. The molecule has 3 aliphatic rings. The lowest BCUT2D eigenvalue weighted by Crippen LogP contribution is -2.50. The first-order valence-corrected chi connectivity index (χ1v) is 11.6. The summed E-state index contributed by atoms with van der Waals surface area (Å²) in [6, 6.07) is 15.9. The summed E-state index contributed by atoms with van der Waals surface area (Å²) in [5.41, 5.74) is 9.83. The third-order valence-corrected chi connectivity index (χ3v) is 7.17. The monoisotopic (exact) mass is 449 g/mol. The van der Waals surface area contributed by atoms with E-state index in [0.29, 0.717) is 37.8 Å². The second-order valence-corrected chi connectivity index (χ2v) is 9.12.